The van der Waals surface area contributed by atoms with E-state index < -0.39 is 5.97 Å². The summed E-state index contributed by atoms with van der Waals surface area (Å²) < 4.78 is 4.91. The number of esters is 1. The molecule has 8 heteroatoms. The number of piperidine rings is 1. The van der Waals surface area contributed by atoms with Gasteiger partial charge in [-0.2, -0.15) is 0 Å². The molecule has 2 aromatic rings. The topological polar surface area (TPSA) is 92.3 Å². The second-order valence-electron chi connectivity index (χ2n) is 6.92. The van der Waals surface area contributed by atoms with E-state index >= 15 is 0 Å². The molecule has 0 unspecified atom stereocenters. The number of likely N-dealkylation sites (tertiary alicyclic amines) is 1. The third-order valence-corrected chi connectivity index (χ3v) is 4.85. The van der Waals surface area contributed by atoms with Crippen molar-refractivity contribution in [3.05, 3.63) is 35.9 Å². The maximum Gasteiger partial charge on any atom is 0.341 e. The van der Waals surface area contributed by atoms with Gasteiger partial charge < -0.3 is 20.3 Å². The molecule has 1 saturated heterocycles. The summed E-state index contributed by atoms with van der Waals surface area (Å²) in [5.74, 6) is 3.07. The summed E-state index contributed by atoms with van der Waals surface area (Å²) in [5.41, 5.74) is 1.56. The Labute approximate surface area is 171 Å². The van der Waals surface area contributed by atoms with Crippen LogP contribution in [0.15, 0.2) is 24.7 Å². The van der Waals surface area contributed by atoms with Gasteiger partial charge in [0.25, 0.3) is 0 Å². The van der Waals surface area contributed by atoms with Crippen molar-refractivity contribution in [2.45, 2.75) is 32.2 Å². The minimum Gasteiger partial charge on any atom is -0.465 e. The number of terminal acetylenes is 1. The predicted octanol–water partition coefficient (Wildman–Crippen LogP) is 2.67. The molecule has 0 bridgehead atoms. The summed E-state index contributed by atoms with van der Waals surface area (Å²) in [5, 5.41) is 6.59. The van der Waals surface area contributed by atoms with Crippen molar-refractivity contribution in [1.29, 1.82) is 0 Å². The molecular weight excluding hydrogens is 368 g/mol. The number of aromatic nitrogens is 3. The first kappa shape index (κ1) is 20.6. The minimum absolute atomic E-state index is 0.288. The quantitative estimate of drug-likeness (QED) is 0.547. The van der Waals surface area contributed by atoms with Crippen LogP contribution in [0, 0.1) is 12.3 Å². The monoisotopic (exact) mass is 394 g/mol. The number of anilines is 3. The van der Waals surface area contributed by atoms with Crippen LogP contribution in [0.3, 0.4) is 0 Å². The number of nitrogens with one attached hydrogen (secondary N) is 2. The number of nitrogens with zero attached hydrogens (tertiary/aromatic N) is 4. The molecule has 1 aliphatic rings. The van der Waals surface area contributed by atoms with Crippen LogP contribution in [0.5, 0.6) is 0 Å². The largest absolute Gasteiger partial charge is 0.465 e. The van der Waals surface area contributed by atoms with Crippen LogP contribution in [-0.4, -0.2) is 58.6 Å². The first-order valence-corrected chi connectivity index (χ1v) is 9.75. The van der Waals surface area contributed by atoms with Crippen LogP contribution < -0.4 is 10.6 Å². The van der Waals surface area contributed by atoms with Gasteiger partial charge in [-0.25, -0.2) is 19.7 Å². The highest BCUT2D eigenvalue weighted by molar-refractivity contribution is 5.95. The lowest BCUT2D eigenvalue weighted by atomic mass is 10.0. The summed E-state index contributed by atoms with van der Waals surface area (Å²) in [6.07, 6.45) is 13.1. The molecule has 0 saturated carbocycles. The molecule has 3 rings (SSSR count). The fourth-order valence-electron chi connectivity index (χ4n) is 3.35. The molecule has 8 nitrogen and oxygen atoms in total. The number of ether oxygens (including phenoxy) is 1. The van der Waals surface area contributed by atoms with E-state index in [0.717, 1.165) is 38.9 Å². The van der Waals surface area contributed by atoms with E-state index in [2.05, 4.69) is 43.3 Å². The Kier molecular flexibility index (Phi) is 6.98. The highest BCUT2D eigenvalue weighted by Crippen LogP contribution is 2.24. The van der Waals surface area contributed by atoms with Gasteiger partial charge in [0.1, 0.15) is 22.9 Å². The third-order valence-electron chi connectivity index (χ3n) is 4.85. The third kappa shape index (κ3) is 5.42. The Balaban J connectivity index is 1.75. The number of hydrogen-bond donors (Lipinski definition) is 2. The van der Waals surface area contributed by atoms with E-state index in [1.165, 1.54) is 19.5 Å². The highest BCUT2D eigenvalue weighted by Gasteiger charge is 2.21. The van der Waals surface area contributed by atoms with Gasteiger partial charge in [-0.05, 0) is 31.7 Å². The fraction of sp³-hybridized carbons (Fsp3) is 0.429. The maximum atomic E-state index is 12.2. The average molecular weight is 394 g/mol. The second kappa shape index (κ2) is 9.85. The number of carbonyl (C=O) groups excluding carboxylic acids is 1. The van der Waals surface area contributed by atoms with Crippen LogP contribution in [0.25, 0.3) is 0 Å². The standard InChI is InChI=1S/C21H26N6O2/c1-4-8-27-9-6-16(7-10-27)25-18-11-19(24-13-17(18)21(28)29-3)26-20-14-22-15(5-2)12-23-20/h2,11-14,16H,4,6-10H2,1,3H3,(H2,23,24,25,26). The number of hydrogen-bond acceptors (Lipinski definition) is 8. The fourth-order valence-corrected chi connectivity index (χ4v) is 3.35. The molecule has 152 valence electrons. The molecule has 3 heterocycles. The van der Waals surface area contributed by atoms with Gasteiger partial charge in [0.05, 0.1) is 25.2 Å². The lowest BCUT2D eigenvalue weighted by Gasteiger charge is -2.33. The van der Waals surface area contributed by atoms with E-state index in [-0.39, 0.29) is 6.04 Å². The summed E-state index contributed by atoms with van der Waals surface area (Å²) in [6.45, 7) is 5.42. The van der Waals surface area contributed by atoms with Crippen molar-refractivity contribution >= 4 is 23.3 Å². The van der Waals surface area contributed by atoms with Gasteiger partial charge in [-0.15, -0.1) is 6.42 Å². The lowest BCUT2D eigenvalue weighted by molar-refractivity contribution is 0.0601. The molecule has 1 aliphatic heterocycles. The molecule has 0 atom stereocenters. The van der Waals surface area contributed by atoms with Crippen molar-refractivity contribution in [1.82, 2.24) is 19.9 Å². The van der Waals surface area contributed by atoms with Crippen LogP contribution in [0.2, 0.25) is 0 Å². The molecule has 2 N–H and O–H groups in total. The number of carbonyl (C=O) groups is 1. The van der Waals surface area contributed by atoms with Gasteiger partial charge in [0.2, 0.25) is 0 Å². The van der Waals surface area contributed by atoms with Gasteiger partial charge in [-0.3, -0.25) is 0 Å². The zero-order chi connectivity index (χ0) is 20.6. The normalized spacial score (nSPS) is 14.8. The Morgan fingerprint density at radius 3 is 2.62 bits per heavy atom. The van der Waals surface area contributed by atoms with Crippen LogP contribution in [0.1, 0.15) is 42.2 Å². The van der Waals surface area contributed by atoms with Crippen LogP contribution in [0.4, 0.5) is 17.3 Å². The highest BCUT2D eigenvalue weighted by atomic mass is 16.5. The molecular formula is C21H26N6O2. The molecule has 1 fully saturated rings. The smallest absolute Gasteiger partial charge is 0.341 e. The van der Waals surface area contributed by atoms with Gasteiger partial charge in [0.15, 0.2) is 0 Å². The molecule has 29 heavy (non-hydrogen) atoms. The van der Waals surface area contributed by atoms with Gasteiger partial charge in [-0.1, -0.05) is 6.92 Å². The first-order valence-electron chi connectivity index (χ1n) is 9.75. The van der Waals surface area contributed by atoms with Crippen molar-refractivity contribution in [3.8, 4) is 12.3 Å². The zero-order valence-electron chi connectivity index (χ0n) is 16.8. The Morgan fingerprint density at radius 2 is 2.00 bits per heavy atom. The first-order chi connectivity index (χ1) is 14.1. The average Bonchev–Trinajstić information content (AvgIpc) is 2.75. The van der Waals surface area contributed by atoms with Crippen molar-refractivity contribution in [3.63, 3.8) is 0 Å². The molecule has 0 amide bonds. The summed E-state index contributed by atoms with van der Waals surface area (Å²) in [6, 6.07) is 2.08. The van der Waals surface area contributed by atoms with E-state index in [4.69, 9.17) is 11.2 Å². The lowest BCUT2D eigenvalue weighted by Crippen LogP contribution is -2.39. The Bertz CT molecular complexity index is 870. The van der Waals surface area contributed by atoms with Crippen molar-refractivity contribution in [2.75, 3.05) is 37.4 Å². The summed E-state index contributed by atoms with van der Waals surface area (Å²) in [4.78, 5) is 27.3. The van der Waals surface area contributed by atoms with E-state index in [0.29, 0.717) is 28.6 Å². The van der Waals surface area contributed by atoms with Gasteiger partial charge in [0, 0.05) is 31.4 Å². The minimum atomic E-state index is -0.423. The van der Waals surface area contributed by atoms with Crippen LogP contribution >= 0.6 is 0 Å². The van der Waals surface area contributed by atoms with Crippen molar-refractivity contribution < 1.29 is 9.53 Å². The molecule has 0 aliphatic carbocycles. The van der Waals surface area contributed by atoms with E-state index in [1.807, 2.05) is 0 Å². The molecule has 0 radical (unpaired) electrons. The molecule has 0 aromatic carbocycles. The molecule has 2 aromatic heterocycles. The van der Waals surface area contributed by atoms with E-state index in [1.54, 1.807) is 12.3 Å². The number of methoxy groups -OCH3 is 1. The Morgan fingerprint density at radius 1 is 1.24 bits per heavy atom. The maximum absolute atomic E-state index is 12.2. The Hall–Kier alpha value is -3.18. The predicted molar refractivity (Wildman–Crippen MR) is 112 cm³/mol. The van der Waals surface area contributed by atoms with Crippen molar-refractivity contribution in [2.24, 2.45) is 0 Å². The SMILES string of the molecule is C#Cc1cnc(Nc2cc(NC3CCN(CCC)CC3)c(C(=O)OC)cn2)cn1. The number of pyridine rings is 1. The molecule has 0 spiro atoms. The summed E-state index contributed by atoms with van der Waals surface area (Å²) in [7, 11) is 1.37. The number of rotatable bonds is 7. The summed E-state index contributed by atoms with van der Waals surface area (Å²) >= 11 is 0. The van der Waals surface area contributed by atoms with Gasteiger partial charge >= 0.3 is 5.97 Å². The van der Waals surface area contributed by atoms with E-state index in [9.17, 15) is 4.79 Å². The van der Waals surface area contributed by atoms with Crippen LogP contribution in [-0.2, 0) is 4.74 Å². The zero-order valence-corrected chi connectivity index (χ0v) is 16.8. The second-order valence-corrected chi connectivity index (χ2v) is 6.92.